The lowest BCUT2D eigenvalue weighted by atomic mass is 9.78. The highest BCUT2D eigenvalue weighted by molar-refractivity contribution is 6.07. The molecule has 4 aromatic rings. The Kier molecular flexibility index (Phi) is 6.65. The van der Waals surface area contributed by atoms with Crippen molar-refractivity contribution in [3.8, 4) is 5.69 Å². The largest absolute Gasteiger partial charge is 0.297 e. The van der Waals surface area contributed by atoms with Crippen LogP contribution in [0.3, 0.4) is 0 Å². The van der Waals surface area contributed by atoms with Gasteiger partial charge in [-0.15, -0.1) is 0 Å². The Morgan fingerprint density at radius 3 is 2.61 bits per heavy atom. The summed E-state index contributed by atoms with van der Waals surface area (Å²) in [5.41, 5.74) is 5.50. The molecule has 2 aromatic carbocycles. The normalized spacial score (nSPS) is 20.3. The highest BCUT2D eigenvalue weighted by Crippen LogP contribution is 2.34. The second kappa shape index (κ2) is 10.4. The molecule has 36 heavy (non-hydrogen) atoms. The van der Waals surface area contributed by atoms with E-state index in [1.54, 1.807) is 6.20 Å². The molecule has 1 aliphatic heterocycles. The van der Waals surface area contributed by atoms with Gasteiger partial charge in [-0.3, -0.25) is 14.7 Å². The summed E-state index contributed by atoms with van der Waals surface area (Å²) in [6.45, 7) is 3.23. The SMILES string of the molecule is O=C(CC1CCC(CCN2CCc3cn(-c4ccccc4)nc3C2)CC1)c1cccc2ncccc12. The number of rotatable bonds is 7. The number of carbonyl (C=O) groups excluding carboxylic acids is 1. The predicted octanol–water partition coefficient (Wildman–Crippen LogP) is 6.25. The topological polar surface area (TPSA) is 51.0 Å². The number of aromatic nitrogens is 3. The molecule has 0 amide bonds. The lowest BCUT2D eigenvalue weighted by molar-refractivity contribution is 0.0941. The third-order valence-corrected chi connectivity index (χ3v) is 8.21. The highest BCUT2D eigenvalue weighted by atomic mass is 16.1. The first-order chi connectivity index (χ1) is 17.7. The van der Waals surface area contributed by atoms with Crippen molar-refractivity contribution in [2.75, 3.05) is 13.1 Å². The minimum Gasteiger partial charge on any atom is -0.297 e. The van der Waals surface area contributed by atoms with Gasteiger partial charge in [-0.2, -0.15) is 5.10 Å². The maximum absolute atomic E-state index is 13.1. The van der Waals surface area contributed by atoms with E-state index in [1.165, 1.54) is 43.4 Å². The summed E-state index contributed by atoms with van der Waals surface area (Å²) >= 11 is 0. The monoisotopic (exact) mass is 478 g/mol. The molecule has 0 bridgehead atoms. The minimum atomic E-state index is 0.274. The van der Waals surface area contributed by atoms with Crippen LogP contribution in [0.15, 0.2) is 73.1 Å². The molecule has 3 heterocycles. The van der Waals surface area contributed by atoms with Crippen LogP contribution in [-0.4, -0.2) is 38.5 Å². The molecular formula is C31H34N4O. The standard InChI is InChI=1S/C31H34N4O/c36-31(28-8-4-10-29-27(28)9-5-17-32-29)20-24-13-11-23(12-14-24)15-18-34-19-16-25-21-35(33-30(25)22-34)26-6-2-1-3-7-26/h1-10,17,21,23-24H,11-16,18-20,22H2. The van der Waals surface area contributed by atoms with Crippen LogP contribution in [0.2, 0.25) is 0 Å². The van der Waals surface area contributed by atoms with Crippen LogP contribution < -0.4 is 0 Å². The summed E-state index contributed by atoms with van der Waals surface area (Å²) in [7, 11) is 0. The Morgan fingerprint density at radius 1 is 0.917 bits per heavy atom. The first-order valence-electron chi connectivity index (χ1n) is 13.4. The lowest BCUT2D eigenvalue weighted by Crippen LogP contribution is -2.32. The van der Waals surface area contributed by atoms with Crippen LogP contribution in [0.1, 0.15) is 60.1 Å². The number of pyridine rings is 1. The number of ketones is 1. The molecule has 5 heteroatoms. The van der Waals surface area contributed by atoms with E-state index in [0.29, 0.717) is 12.3 Å². The van der Waals surface area contributed by atoms with E-state index in [4.69, 9.17) is 5.10 Å². The van der Waals surface area contributed by atoms with Crippen molar-refractivity contribution in [2.45, 2.75) is 51.5 Å². The predicted molar refractivity (Wildman–Crippen MR) is 143 cm³/mol. The Bertz CT molecular complexity index is 1330. The first kappa shape index (κ1) is 23.1. The number of fused-ring (bicyclic) bond motifs is 2. The molecule has 6 rings (SSSR count). The zero-order valence-electron chi connectivity index (χ0n) is 20.9. The smallest absolute Gasteiger partial charge is 0.163 e. The summed E-state index contributed by atoms with van der Waals surface area (Å²) in [5.74, 6) is 1.57. The van der Waals surface area contributed by atoms with Gasteiger partial charge < -0.3 is 0 Å². The zero-order chi connectivity index (χ0) is 24.3. The van der Waals surface area contributed by atoms with E-state index in [-0.39, 0.29) is 5.78 Å². The van der Waals surface area contributed by atoms with Gasteiger partial charge in [0.25, 0.3) is 0 Å². The fourth-order valence-corrected chi connectivity index (χ4v) is 6.07. The molecule has 184 valence electrons. The molecule has 1 fully saturated rings. The molecular weight excluding hydrogens is 444 g/mol. The molecule has 1 saturated carbocycles. The molecule has 0 unspecified atom stereocenters. The molecule has 2 aromatic heterocycles. The van der Waals surface area contributed by atoms with Crippen LogP contribution >= 0.6 is 0 Å². The highest BCUT2D eigenvalue weighted by Gasteiger charge is 2.26. The maximum atomic E-state index is 13.1. The third-order valence-electron chi connectivity index (χ3n) is 8.21. The summed E-state index contributed by atoms with van der Waals surface area (Å²) in [6.07, 6.45) is 11.8. The van der Waals surface area contributed by atoms with Crippen molar-refractivity contribution in [1.29, 1.82) is 0 Å². The van der Waals surface area contributed by atoms with E-state index in [1.807, 2.05) is 41.1 Å². The minimum absolute atomic E-state index is 0.274. The van der Waals surface area contributed by atoms with Gasteiger partial charge in [0.05, 0.1) is 16.9 Å². The Hall–Kier alpha value is -3.31. The average Bonchev–Trinajstić information content (AvgIpc) is 3.36. The van der Waals surface area contributed by atoms with Gasteiger partial charge in [-0.1, -0.05) is 49.2 Å². The average molecular weight is 479 g/mol. The zero-order valence-corrected chi connectivity index (χ0v) is 20.9. The summed E-state index contributed by atoms with van der Waals surface area (Å²) in [4.78, 5) is 20.1. The second-order valence-corrected chi connectivity index (χ2v) is 10.6. The number of nitrogens with zero attached hydrogens (tertiary/aromatic N) is 4. The molecule has 1 aliphatic carbocycles. The van der Waals surface area contributed by atoms with E-state index in [2.05, 4.69) is 40.3 Å². The molecule has 0 atom stereocenters. The van der Waals surface area contributed by atoms with Crippen LogP contribution in [0.5, 0.6) is 0 Å². The van der Waals surface area contributed by atoms with Crippen LogP contribution in [0.25, 0.3) is 16.6 Å². The number of hydrogen-bond donors (Lipinski definition) is 0. The molecule has 0 N–H and O–H groups in total. The van der Waals surface area contributed by atoms with Gasteiger partial charge in [0.1, 0.15) is 0 Å². The van der Waals surface area contributed by atoms with Crippen molar-refractivity contribution in [3.63, 3.8) is 0 Å². The molecule has 5 nitrogen and oxygen atoms in total. The third kappa shape index (κ3) is 4.98. The van der Waals surface area contributed by atoms with E-state index in [9.17, 15) is 4.79 Å². The van der Waals surface area contributed by atoms with Gasteiger partial charge >= 0.3 is 0 Å². The van der Waals surface area contributed by atoms with Crippen LogP contribution in [0.4, 0.5) is 0 Å². The van der Waals surface area contributed by atoms with E-state index >= 15 is 0 Å². The second-order valence-electron chi connectivity index (χ2n) is 10.6. The quantitative estimate of drug-likeness (QED) is 0.295. The summed E-state index contributed by atoms with van der Waals surface area (Å²) in [6, 6.07) is 20.2. The summed E-state index contributed by atoms with van der Waals surface area (Å²) < 4.78 is 2.03. The lowest BCUT2D eigenvalue weighted by Gasteiger charge is -2.31. The fraction of sp³-hybridized carbons (Fsp3) is 0.387. The van der Waals surface area contributed by atoms with Crippen molar-refractivity contribution < 1.29 is 4.79 Å². The number of benzene rings is 2. The van der Waals surface area contributed by atoms with Crippen molar-refractivity contribution in [1.82, 2.24) is 19.7 Å². The van der Waals surface area contributed by atoms with Gasteiger partial charge in [0.15, 0.2) is 5.78 Å². The number of Topliss-reactive ketones (excluding diaryl/α,β-unsaturated/α-hetero) is 1. The maximum Gasteiger partial charge on any atom is 0.163 e. The molecule has 2 aliphatic rings. The van der Waals surface area contributed by atoms with E-state index in [0.717, 1.165) is 54.1 Å². The van der Waals surface area contributed by atoms with E-state index < -0.39 is 0 Å². The molecule has 0 radical (unpaired) electrons. The van der Waals surface area contributed by atoms with Gasteiger partial charge in [-0.05, 0) is 73.9 Å². The first-order valence-corrected chi connectivity index (χ1v) is 13.4. The Labute approximate surface area is 213 Å². The Balaban J connectivity index is 0.980. The molecule has 0 saturated heterocycles. The van der Waals surface area contributed by atoms with Crippen LogP contribution in [0, 0.1) is 11.8 Å². The van der Waals surface area contributed by atoms with Crippen molar-refractivity contribution in [2.24, 2.45) is 11.8 Å². The number of carbonyl (C=O) groups is 1. The summed E-state index contributed by atoms with van der Waals surface area (Å²) in [5, 5.41) is 5.87. The van der Waals surface area contributed by atoms with Crippen molar-refractivity contribution >= 4 is 16.7 Å². The fourth-order valence-electron chi connectivity index (χ4n) is 6.07. The van der Waals surface area contributed by atoms with Gasteiger partial charge in [0, 0.05) is 42.9 Å². The molecule has 0 spiro atoms. The van der Waals surface area contributed by atoms with Crippen LogP contribution in [-0.2, 0) is 13.0 Å². The van der Waals surface area contributed by atoms with Crippen molar-refractivity contribution in [3.05, 3.63) is 89.9 Å². The Morgan fingerprint density at radius 2 is 1.75 bits per heavy atom. The number of para-hydroxylation sites is 1. The number of hydrogen-bond acceptors (Lipinski definition) is 4. The van der Waals surface area contributed by atoms with Gasteiger partial charge in [0.2, 0.25) is 0 Å². The van der Waals surface area contributed by atoms with Gasteiger partial charge in [-0.25, -0.2) is 4.68 Å².